The maximum Gasteiger partial charge on any atom is 0.246 e. The van der Waals surface area contributed by atoms with Gasteiger partial charge in [0.25, 0.3) is 0 Å². The van der Waals surface area contributed by atoms with E-state index in [0.717, 1.165) is 25.7 Å². The Kier molecular flexibility index (Phi) is 3.15. The summed E-state index contributed by atoms with van der Waals surface area (Å²) in [7, 11) is 0. The Morgan fingerprint density at radius 2 is 2.12 bits per heavy atom. The molecular formula is C13H22N2O2. The largest absolute Gasteiger partial charge is 0.342 e. The van der Waals surface area contributed by atoms with Gasteiger partial charge in [-0.3, -0.25) is 9.59 Å². The molecule has 2 aliphatic rings. The Morgan fingerprint density at radius 1 is 1.47 bits per heavy atom. The van der Waals surface area contributed by atoms with Gasteiger partial charge in [-0.1, -0.05) is 20.3 Å². The highest BCUT2D eigenvalue weighted by atomic mass is 16.2. The molecule has 0 aromatic carbocycles. The van der Waals surface area contributed by atoms with E-state index in [2.05, 4.69) is 12.2 Å². The van der Waals surface area contributed by atoms with Crippen LogP contribution in [0.15, 0.2) is 0 Å². The molecule has 1 aliphatic heterocycles. The second kappa shape index (κ2) is 4.31. The number of rotatable bonds is 3. The van der Waals surface area contributed by atoms with E-state index in [0.29, 0.717) is 0 Å². The average Bonchev–Trinajstić information content (AvgIpc) is 2.27. The molecule has 2 amide bonds. The van der Waals surface area contributed by atoms with Gasteiger partial charge in [-0.2, -0.15) is 0 Å². The summed E-state index contributed by atoms with van der Waals surface area (Å²) in [6.07, 6.45) is 4.12. The van der Waals surface area contributed by atoms with Crippen molar-refractivity contribution in [2.75, 3.05) is 6.54 Å². The third-order valence-corrected chi connectivity index (χ3v) is 4.45. The third kappa shape index (κ3) is 2.05. The highest BCUT2D eigenvalue weighted by Crippen LogP contribution is 2.38. The lowest BCUT2D eigenvalue weighted by Crippen LogP contribution is -2.67. The average molecular weight is 238 g/mol. The molecule has 0 radical (unpaired) electrons. The lowest BCUT2D eigenvalue weighted by atomic mass is 9.76. The van der Waals surface area contributed by atoms with Crippen LogP contribution in [0.2, 0.25) is 0 Å². The maximum atomic E-state index is 12.4. The number of nitrogens with one attached hydrogen (secondary N) is 1. The summed E-state index contributed by atoms with van der Waals surface area (Å²) in [5, 5.41) is 2.84. The van der Waals surface area contributed by atoms with Crippen molar-refractivity contribution >= 4 is 11.8 Å². The predicted octanol–water partition coefficient (Wildman–Crippen LogP) is 1.30. The van der Waals surface area contributed by atoms with E-state index in [1.165, 1.54) is 0 Å². The minimum atomic E-state index is -0.321. The second-order valence-electron chi connectivity index (χ2n) is 5.71. The van der Waals surface area contributed by atoms with Gasteiger partial charge in [0, 0.05) is 5.54 Å². The molecule has 2 atom stereocenters. The SMILES string of the molecule is CCC(C)C1NC(=O)CN(C2(C)CCC2)C1=O. The van der Waals surface area contributed by atoms with Crippen molar-refractivity contribution in [3.63, 3.8) is 0 Å². The zero-order valence-corrected chi connectivity index (χ0v) is 11.0. The molecule has 1 heterocycles. The van der Waals surface area contributed by atoms with Crippen LogP contribution in [0.5, 0.6) is 0 Å². The molecule has 17 heavy (non-hydrogen) atoms. The Balaban J connectivity index is 2.17. The quantitative estimate of drug-likeness (QED) is 0.805. The summed E-state index contributed by atoms with van der Waals surface area (Å²) in [6, 6.07) is -0.321. The minimum Gasteiger partial charge on any atom is -0.342 e. The molecule has 2 fully saturated rings. The van der Waals surface area contributed by atoms with Gasteiger partial charge in [0.05, 0.1) is 0 Å². The first-order valence-electron chi connectivity index (χ1n) is 6.59. The van der Waals surface area contributed by atoms with Crippen LogP contribution in [0.25, 0.3) is 0 Å². The van der Waals surface area contributed by atoms with Crippen LogP contribution in [0, 0.1) is 5.92 Å². The van der Waals surface area contributed by atoms with E-state index in [9.17, 15) is 9.59 Å². The summed E-state index contributed by atoms with van der Waals surface area (Å²) in [5.74, 6) is 0.308. The van der Waals surface area contributed by atoms with Crippen LogP contribution in [0.4, 0.5) is 0 Å². The molecule has 96 valence electrons. The summed E-state index contributed by atoms with van der Waals surface area (Å²) in [6.45, 7) is 6.41. The number of amides is 2. The Morgan fingerprint density at radius 3 is 2.59 bits per heavy atom. The fraction of sp³-hybridized carbons (Fsp3) is 0.846. The number of hydrogen-bond acceptors (Lipinski definition) is 2. The van der Waals surface area contributed by atoms with Gasteiger partial charge >= 0.3 is 0 Å². The van der Waals surface area contributed by atoms with Gasteiger partial charge in [-0.25, -0.2) is 0 Å². The number of carbonyl (C=O) groups excluding carboxylic acids is 2. The van der Waals surface area contributed by atoms with Gasteiger partial charge < -0.3 is 10.2 Å². The molecular weight excluding hydrogens is 216 g/mol. The smallest absolute Gasteiger partial charge is 0.246 e. The first-order valence-corrected chi connectivity index (χ1v) is 6.59. The topological polar surface area (TPSA) is 49.4 Å². The summed E-state index contributed by atoms with van der Waals surface area (Å²) in [4.78, 5) is 26.0. The van der Waals surface area contributed by atoms with Gasteiger partial charge in [-0.05, 0) is 32.1 Å². The van der Waals surface area contributed by atoms with E-state index in [-0.39, 0.29) is 35.9 Å². The molecule has 0 spiro atoms. The van der Waals surface area contributed by atoms with E-state index in [1.54, 1.807) is 0 Å². The molecule has 1 N–H and O–H groups in total. The first-order chi connectivity index (χ1) is 7.98. The standard InChI is InChI=1S/C13H22N2O2/c1-4-9(2)11-12(17)15(8-10(16)14-11)13(3)6-5-7-13/h9,11H,4-8H2,1-3H3,(H,14,16). The molecule has 1 saturated carbocycles. The minimum absolute atomic E-state index is 0.0111. The molecule has 2 rings (SSSR count). The monoisotopic (exact) mass is 238 g/mol. The second-order valence-corrected chi connectivity index (χ2v) is 5.71. The van der Waals surface area contributed by atoms with Crippen LogP contribution in [0.1, 0.15) is 46.5 Å². The van der Waals surface area contributed by atoms with Crippen LogP contribution in [-0.2, 0) is 9.59 Å². The van der Waals surface area contributed by atoms with E-state index < -0.39 is 0 Å². The van der Waals surface area contributed by atoms with Crippen molar-refractivity contribution in [3.8, 4) is 0 Å². The normalized spacial score (nSPS) is 29.6. The van der Waals surface area contributed by atoms with E-state index >= 15 is 0 Å². The lowest BCUT2D eigenvalue weighted by Gasteiger charge is -2.51. The molecule has 0 bridgehead atoms. The summed E-state index contributed by atoms with van der Waals surface area (Å²) < 4.78 is 0. The van der Waals surface area contributed by atoms with Crippen molar-refractivity contribution in [1.82, 2.24) is 10.2 Å². The van der Waals surface area contributed by atoms with Crippen molar-refractivity contribution in [3.05, 3.63) is 0 Å². The highest BCUT2D eigenvalue weighted by Gasteiger charge is 2.46. The predicted molar refractivity (Wildman–Crippen MR) is 65.4 cm³/mol. The molecule has 1 saturated heterocycles. The fourth-order valence-electron chi connectivity index (χ4n) is 2.71. The van der Waals surface area contributed by atoms with Crippen molar-refractivity contribution in [2.24, 2.45) is 5.92 Å². The number of nitrogens with zero attached hydrogens (tertiary/aromatic N) is 1. The Hall–Kier alpha value is -1.06. The Labute approximate surface area is 103 Å². The highest BCUT2D eigenvalue weighted by molar-refractivity contribution is 5.95. The molecule has 1 aliphatic carbocycles. The molecule has 4 nitrogen and oxygen atoms in total. The van der Waals surface area contributed by atoms with Crippen LogP contribution in [-0.4, -0.2) is 34.8 Å². The summed E-state index contributed by atoms with van der Waals surface area (Å²) in [5.41, 5.74) is -0.0689. The zero-order valence-electron chi connectivity index (χ0n) is 11.0. The fourth-order valence-corrected chi connectivity index (χ4v) is 2.71. The van der Waals surface area contributed by atoms with Crippen LogP contribution in [0.3, 0.4) is 0 Å². The van der Waals surface area contributed by atoms with Crippen LogP contribution >= 0.6 is 0 Å². The molecule has 2 unspecified atom stereocenters. The van der Waals surface area contributed by atoms with Crippen molar-refractivity contribution in [1.29, 1.82) is 0 Å². The van der Waals surface area contributed by atoms with Crippen LogP contribution < -0.4 is 5.32 Å². The molecule has 0 aromatic rings. The summed E-state index contributed by atoms with van der Waals surface area (Å²) >= 11 is 0. The molecule has 4 heteroatoms. The third-order valence-electron chi connectivity index (χ3n) is 4.45. The number of carbonyl (C=O) groups is 2. The lowest BCUT2D eigenvalue weighted by molar-refractivity contribution is -0.155. The number of hydrogen-bond donors (Lipinski definition) is 1. The van der Waals surface area contributed by atoms with Gasteiger partial charge in [0.2, 0.25) is 11.8 Å². The zero-order chi connectivity index (χ0) is 12.6. The van der Waals surface area contributed by atoms with E-state index in [4.69, 9.17) is 0 Å². The van der Waals surface area contributed by atoms with E-state index in [1.807, 2.05) is 18.7 Å². The first kappa shape index (κ1) is 12.4. The van der Waals surface area contributed by atoms with Gasteiger partial charge in [0.15, 0.2) is 0 Å². The Bertz CT molecular complexity index is 336. The van der Waals surface area contributed by atoms with Gasteiger partial charge in [0.1, 0.15) is 12.6 Å². The number of piperazine rings is 1. The van der Waals surface area contributed by atoms with Crippen molar-refractivity contribution in [2.45, 2.75) is 58.0 Å². The van der Waals surface area contributed by atoms with Gasteiger partial charge in [-0.15, -0.1) is 0 Å². The maximum absolute atomic E-state index is 12.4. The van der Waals surface area contributed by atoms with Crippen molar-refractivity contribution < 1.29 is 9.59 Å². The molecule has 0 aromatic heterocycles.